The molecule has 4 nitrogen and oxygen atoms in total. The third-order valence-corrected chi connectivity index (χ3v) is 2.47. The molecule has 1 aromatic heterocycles. The number of hydrogen-bond acceptors (Lipinski definition) is 3. The predicted molar refractivity (Wildman–Crippen MR) is 56.4 cm³/mol. The molecule has 0 radical (unpaired) electrons. The highest BCUT2D eigenvalue weighted by molar-refractivity contribution is 5.12. The van der Waals surface area contributed by atoms with Gasteiger partial charge in [-0.15, -0.1) is 0 Å². The molecule has 0 fully saturated rings. The number of aromatic nitrogens is 2. The molecule has 78 valence electrons. The number of nitrogens with two attached hydrogens (primary N) is 1. The van der Waals surface area contributed by atoms with E-state index >= 15 is 0 Å². The summed E-state index contributed by atoms with van der Waals surface area (Å²) in [5, 5.41) is 0. The van der Waals surface area contributed by atoms with Gasteiger partial charge < -0.3 is 5.73 Å². The van der Waals surface area contributed by atoms with Crippen LogP contribution in [-0.2, 0) is 6.54 Å². The van der Waals surface area contributed by atoms with E-state index in [9.17, 15) is 4.79 Å². The van der Waals surface area contributed by atoms with E-state index in [0.29, 0.717) is 18.7 Å². The minimum absolute atomic E-state index is 0.0398. The van der Waals surface area contributed by atoms with Gasteiger partial charge in [0.25, 0.3) is 5.56 Å². The van der Waals surface area contributed by atoms with Gasteiger partial charge in [0.1, 0.15) is 5.82 Å². The summed E-state index contributed by atoms with van der Waals surface area (Å²) < 4.78 is 1.67. The van der Waals surface area contributed by atoms with Gasteiger partial charge in [-0.25, -0.2) is 4.98 Å². The molecule has 0 aromatic carbocycles. The largest absolute Gasteiger partial charge is 0.330 e. The molecular formula is C10H17N3O. The molecular weight excluding hydrogens is 178 g/mol. The molecule has 1 aromatic rings. The Labute approximate surface area is 83.8 Å². The van der Waals surface area contributed by atoms with Crippen LogP contribution in [0.3, 0.4) is 0 Å². The molecule has 1 heterocycles. The van der Waals surface area contributed by atoms with Crippen molar-refractivity contribution in [2.75, 3.05) is 6.54 Å². The third-order valence-electron chi connectivity index (χ3n) is 2.47. The number of nitrogens with zero attached hydrogens (tertiary/aromatic N) is 2. The minimum atomic E-state index is 0.0398. The maximum absolute atomic E-state index is 11.9. The Bertz CT molecular complexity index is 370. The van der Waals surface area contributed by atoms with Crippen LogP contribution in [0.5, 0.6) is 0 Å². The molecule has 0 bridgehead atoms. The highest BCUT2D eigenvalue weighted by Crippen LogP contribution is 2.07. The van der Waals surface area contributed by atoms with Crippen LogP contribution in [0, 0.1) is 6.92 Å². The normalized spacial score (nSPS) is 12.9. The first kappa shape index (κ1) is 10.9. The molecule has 1 unspecified atom stereocenters. The molecule has 14 heavy (non-hydrogen) atoms. The molecule has 1 atom stereocenters. The van der Waals surface area contributed by atoms with E-state index in [0.717, 1.165) is 5.82 Å². The highest BCUT2D eigenvalue weighted by Gasteiger charge is 2.11. The first-order chi connectivity index (χ1) is 6.61. The standard InChI is InChI=1S/C10H17N3O/c1-4-13-8(3)12-6-9(10(13)14)7(2)5-11/h6-7H,4-5,11H2,1-3H3. The first-order valence-electron chi connectivity index (χ1n) is 4.88. The van der Waals surface area contributed by atoms with E-state index in [1.54, 1.807) is 10.8 Å². The van der Waals surface area contributed by atoms with Crippen LogP contribution in [0.1, 0.15) is 31.2 Å². The van der Waals surface area contributed by atoms with E-state index in [1.807, 2.05) is 20.8 Å². The summed E-state index contributed by atoms with van der Waals surface area (Å²) in [5.74, 6) is 0.832. The van der Waals surface area contributed by atoms with Crippen LogP contribution >= 0.6 is 0 Å². The van der Waals surface area contributed by atoms with Crippen molar-refractivity contribution in [3.8, 4) is 0 Å². The molecule has 1 rings (SSSR count). The highest BCUT2D eigenvalue weighted by atomic mass is 16.1. The van der Waals surface area contributed by atoms with E-state index < -0.39 is 0 Å². The lowest BCUT2D eigenvalue weighted by Gasteiger charge is -2.12. The third kappa shape index (κ3) is 1.85. The molecule has 0 spiro atoms. The average molecular weight is 195 g/mol. The Morgan fingerprint density at radius 2 is 2.29 bits per heavy atom. The first-order valence-corrected chi connectivity index (χ1v) is 4.88. The predicted octanol–water partition coefficient (Wildman–Crippen LogP) is 0.634. The van der Waals surface area contributed by atoms with E-state index in [2.05, 4.69) is 4.98 Å². The number of rotatable bonds is 3. The Hall–Kier alpha value is -1.16. The van der Waals surface area contributed by atoms with Crippen molar-refractivity contribution < 1.29 is 0 Å². The van der Waals surface area contributed by atoms with E-state index in [-0.39, 0.29) is 11.5 Å². The topological polar surface area (TPSA) is 60.9 Å². The molecule has 0 aliphatic heterocycles. The molecule has 0 saturated heterocycles. The summed E-state index contributed by atoms with van der Waals surface area (Å²) in [4.78, 5) is 16.1. The van der Waals surface area contributed by atoms with Gasteiger partial charge >= 0.3 is 0 Å². The summed E-state index contributed by atoms with van der Waals surface area (Å²) >= 11 is 0. The smallest absolute Gasteiger partial charge is 0.256 e. The van der Waals surface area contributed by atoms with Gasteiger partial charge in [-0.3, -0.25) is 9.36 Å². The molecule has 2 N–H and O–H groups in total. The van der Waals surface area contributed by atoms with Gasteiger partial charge in [-0.1, -0.05) is 6.92 Å². The van der Waals surface area contributed by atoms with Gasteiger partial charge in [0.15, 0.2) is 0 Å². The van der Waals surface area contributed by atoms with Crippen LogP contribution in [0.2, 0.25) is 0 Å². The molecule has 0 saturated carbocycles. The van der Waals surface area contributed by atoms with Crippen molar-refractivity contribution in [3.05, 3.63) is 27.9 Å². The fourth-order valence-electron chi connectivity index (χ4n) is 1.43. The Morgan fingerprint density at radius 3 is 2.79 bits per heavy atom. The fraction of sp³-hybridized carbons (Fsp3) is 0.600. The van der Waals surface area contributed by atoms with Gasteiger partial charge in [0, 0.05) is 24.2 Å². The molecule has 0 aliphatic carbocycles. The second kappa shape index (κ2) is 4.37. The van der Waals surface area contributed by atoms with Gasteiger partial charge in [-0.05, 0) is 20.4 Å². The number of hydrogen-bond donors (Lipinski definition) is 1. The fourth-order valence-corrected chi connectivity index (χ4v) is 1.43. The second-order valence-electron chi connectivity index (χ2n) is 3.45. The van der Waals surface area contributed by atoms with Crippen molar-refractivity contribution in [1.29, 1.82) is 0 Å². The summed E-state index contributed by atoms with van der Waals surface area (Å²) in [5.41, 5.74) is 6.27. The van der Waals surface area contributed by atoms with Crippen LogP contribution in [-0.4, -0.2) is 16.1 Å². The molecule has 0 amide bonds. The monoisotopic (exact) mass is 195 g/mol. The van der Waals surface area contributed by atoms with Crippen molar-refractivity contribution >= 4 is 0 Å². The SMILES string of the molecule is CCn1c(C)ncc(C(C)CN)c1=O. The average Bonchev–Trinajstić information content (AvgIpc) is 2.18. The van der Waals surface area contributed by atoms with Crippen molar-refractivity contribution in [1.82, 2.24) is 9.55 Å². The van der Waals surface area contributed by atoms with Crippen LogP contribution < -0.4 is 11.3 Å². The lowest BCUT2D eigenvalue weighted by atomic mass is 10.1. The van der Waals surface area contributed by atoms with Gasteiger partial charge in [-0.2, -0.15) is 0 Å². The summed E-state index contributed by atoms with van der Waals surface area (Å²) in [6.07, 6.45) is 1.64. The Balaban J connectivity index is 3.28. The maximum atomic E-state index is 11.9. The van der Waals surface area contributed by atoms with E-state index in [1.165, 1.54) is 0 Å². The lowest BCUT2D eigenvalue weighted by molar-refractivity contribution is 0.641. The quantitative estimate of drug-likeness (QED) is 0.769. The summed E-state index contributed by atoms with van der Waals surface area (Å²) in [6.45, 7) is 6.84. The van der Waals surface area contributed by atoms with Crippen LogP contribution in [0.25, 0.3) is 0 Å². The van der Waals surface area contributed by atoms with Gasteiger partial charge in [0.2, 0.25) is 0 Å². The summed E-state index contributed by atoms with van der Waals surface area (Å²) in [7, 11) is 0. The zero-order valence-electron chi connectivity index (χ0n) is 8.95. The summed E-state index contributed by atoms with van der Waals surface area (Å²) in [6, 6.07) is 0. The zero-order valence-corrected chi connectivity index (χ0v) is 8.95. The second-order valence-corrected chi connectivity index (χ2v) is 3.45. The molecule has 4 heteroatoms. The number of aryl methyl sites for hydroxylation is 1. The Kier molecular flexibility index (Phi) is 3.41. The van der Waals surface area contributed by atoms with Crippen molar-refractivity contribution in [3.63, 3.8) is 0 Å². The van der Waals surface area contributed by atoms with Crippen LogP contribution in [0.4, 0.5) is 0 Å². The van der Waals surface area contributed by atoms with Crippen molar-refractivity contribution in [2.45, 2.75) is 33.2 Å². The van der Waals surface area contributed by atoms with Crippen molar-refractivity contribution in [2.24, 2.45) is 5.73 Å². The van der Waals surface area contributed by atoms with Crippen LogP contribution in [0.15, 0.2) is 11.0 Å². The Morgan fingerprint density at radius 1 is 1.64 bits per heavy atom. The molecule has 0 aliphatic rings. The van der Waals surface area contributed by atoms with Gasteiger partial charge in [0.05, 0.1) is 0 Å². The lowest BCUT2D eigenvalue weighted by Crippen LogP contribution is -2.28. The minimum Gasteiger partial charge on any atom is -0.330 e. The van der Waals surface area contributed by atoms with E-state index in [4.69, 9.17) is 5.73 Å². The zero-order chi connectivity index (χ0) is 10.7. The maximum Gasteiger partial charge on any atom is 0.256 e.